The summed E-state index contributed by atoms with van der Waals surface area (Å²) in [5.41, 5.74) is 9.55. The number of H-pyrrole nitrogens is 1. The third kappa shape index (κ3) is 3.18. The monoisotopic (exact) mass is 343 g/mol. The van der Waals surface area contributed by atoms with Crippen molar-refractivity contribution in [3.8, 4) is 0 Å². The molecule has 0 saturated heterocycles. The highest BCUT2D eigenvalue weighted by Crippen LogP contribution is 2.31. The number of benzene rings is 1. The lowest BCUT2D eigenvalue weighted by Gasteiger charge is -2.27. The Morgan fingerprint density at radius 2 is 2.21 bits per heavy atom. The molecule has 1 aromatic heterocycles. The number of hydrogen-bond acceptors (Lipinski definition) is 2. The zero-order valence-electron chi connectivity index (χ0n) is 14.3. The Hall–Kier alpha value is -1.88. The van der Waals surface area contributed by atoms with Gasteiger partial charge in [0.25, 0.3) is 0 Å². The predicted molar refractivity (Wildman–Crippen MR) is 102 cm³/mol. The van der Waals surface area contributed by atoms with Gasteiger partial charge in [0.1, 0.15) is 0 Å². The van der Waals surface area contributed by atoms with Gasteiger partial charge in [0.15, 0.2) is 0 Å². The fourth-order valence-electron chi connectivity index (χ4n) is 3.59. The molecule has 3 rings (SSSR count). The van der Waals surface area contributed by atoms with Crippen LogP contribution in [0.4, 0.5) is 0 Å². The van der Waals surface area contributed by atoms with Crippen molar-refractivity contribution >= 4 is 34.0 Å². The number of nitrogens with two attached hydrogens (primary N) is 1. The summed E-state index contributed by atoms with van der Waals surface area (Å²) in [6, 6.07) is 8.08. The minimum Gasteiger partial charge on any atom is -0.392 e. The first-order valence-corrected chi connectivity index (χ1v) is 9.10. The predicted octanol–water partition coefficient (Wildman–Crippen LogP) is 3.09. The Morgan fingerprint density at radius 3 is 2.92 bits per heavy atom. The number of rotatable bonds is 5. The second-order valence-electron chi connectivity index (χ2n) is 6.84. The highest BCUT2D eigenvalue weighted by Gasteiger charge is 2.30. The molecule has 0 fully saturated rings. The molecule has 0 radical (unpaired) electrons. The molecule has 24 heavy (non-hydrogen) atoms. The lowest BCUT2D eigenvalue weighted by atomic mass is 9.85. The Bertz CT molecular complexity index is 767. The molecule has 1 heterocycles. The summed E-state index contributed by atoms with van der Waals surface area (Å²) in [6.45, 7) is 4.16. The van der Waals surface area contributed by atoms with Crippen LogP contribution >= 0.6 is 12.2 Å². The molecule has 1 aliphatic rings. The van der Waals surface area contributed by atoms with E-state index in [9.17, 15) is 4.79 Å². The molecule has 4 nitrogen and oxygen atoms in total. The molecule has 3 atom stereocenters. The molecular formula is C19H25N3OS. The third-order valence-electron chi connectivity index (χ3n) is 5.28. The average molecular weight is 343 g/mol. The second-order valence-corrected chi connectivity index (χ2v) is 7.31. The topological polar surface area (TPSA) is 70.9 Å². The Morgan fingerprint density at radius 1 is 1.46 bits per heavy atom. The largest absolute Gasteiger partial charge is 0.392 e. The van der Waals surface area contributed by atoms with E-state index < -0.39 is 0 Å². The molecule has 0 saturated carbocycles. The summed E-state index contributed by atoms with van der Waals surface area (Å²) in [5, 5.41) is 4.33. The number of carbonyl (C=O) groups is 1. The van der Waals surface area contributed by atoms with Gasteiger partial charge in [-0.15, -0.1) is 0 Å². The van der Waals surface area contributed by atoms with Crippen LogP contribution in [0.1, 0.15) is 37.9 Å². The van der Waals surface area contributed by atoms with Gasteiger partial charge in [-0.25, -0.2) is 0 Å². The summed E-state index contributed by atoms with van der Waals surface area (Å²) in [4.78, 5) is 16.6. The van der Waals surface area contributed by atoms with Gasteiger partial charge in [-0.05, 0) is 36.8 Å². The van der Waals surface area contributed by atoms with Crippen molar-refractivity contribution in [2.24, 2.45) is 17.6 Å². The molecule has 4 N–H and O–H groups in total. The molecule has 0 aliphatic heterocycles. The standard InChI is InChI=1S/C19H25N3OS/c1-3-11(2)17(18(20)24)22-19(23)12-8-9-16-14(10-12)13-6-4-5-7-15(13)21-16/h4-7,11-12,17,21H,3,8-10H2,1-2H3,(H2,20,24)(H,22,23)/t11-,12?,17?/m0/s1. The molecule has 0 spiro atoms. The van der Waals surface area contributed by atoms with Crippen molar-refractivity contribution in [2.45, 2.75) is 45.6 Å². The van der Waals surface area contributed by atoms with Gasteiger partial charge in [0, 0.05) is 22.5 Å². The number of aromatic amines is 1. The SMILES string of the molecule is CC[C@H](C)C(NC(=O)C1CCc2[nH]c3ccccc3c2C1)C(N)=S. The van der Waals surface area contributed by atoms with E-state index >= 15 is 0 Å². The average Bonchev–Trinajstić information content (AvgIpc) is 2.96. The van der Waals surface area contributed by atoms with E-state index in [-0.39, 0.29) is 23.8 Å². The van der Waals surface area contributed by atoms with Crippen LogP contribution in [0.15, 0.2) is 24.3 Å². The molecule has 5 heteroatoms. The maximum absolute atomic E-state index is 12.8. The van der Waals surface area contributed by atoms with E-state index in [1.54, 1.807) is 0 Å². The Kier molecular flexibility index (Phi) is 4.90. The van der Waals surface area contributed by atoms with Crippen molar-refractivity contribution in [1.82, 2.24) is 10.3 Å². The first-order chi connectivity index (χ1) is 11.5. The highest BCUT2D eigenvalue weighted by molar-refractivity contribution is 7.80. The van der Waals surface area contributed by atoms with Crippen molar-refractivity contribution in [1.29, 1.82) is 0 Å². The second kappa shape index (κ2) is 6.93. The van der Waals surface area contributed by atoms with Gasteiger partial charge in [0.05, 0.1) is 11.0 Å². The van der Waals surface area contributed by atoms with Gasteiger partial charge in [-0.1, -0.05) is 50.7 Å². The van der Waals surface area contributed by atoms with Gasteiger partial charge in [-0.2, -0.15) is 0 Å². The van der Waals surface area contributed by atoms with Gasteiger partial charge < -0.3 is 16.0 Å². The maximum atomic E-state index is 12.8. The number of thiocarbonyl (C=S) groups is 1. The number of aryl methyl sites for hydroxylation is 1. The molecule has 1 amide bonds. The molecule has 2 aromatic rings. The van der Waals surface area contributed by atoms with E-state index in [0.717, 1.165) is 31.2 Å². The van der Waals surface area contributed by atoms with Crippen LogP contribution in [0.25, 0.3) is 10.9 Å². The summed E-state index contributed by atoms with van der Waals surface area (Å²) >= 11 is 5.15. The smallest absolute Gasteiger partial charge is 0.224 e. The van der Waals surface area contributed by atoms with E-state index in [0.29, 0.717) is 4.99 Å². The normalized spacial score (nSPS) is 19.5. The fourth-order valence-corrected chi connectivity index (χ4v) is 3.89. The number of nitrogens with one attached hydrogen (secondary N) is 2. The molecule has 128 valence electrons. The van der Waals surface area contributed by atoms with Crippen LogP contribution in [0, 0.1) is 11.8 Å². The summed E-state index contributed by atoms with van der Waals surface area (Å²) in [7, 11) is 0. The number of aromatic nitrogens is 1. The number of hydrogen-bond donors (Lipinski definition) is 3. The van der Waals surface area contributed by atoms with Crippen LogP contribution in [-0.4, -0.2) is 21.9 Å². The summed E-state index contributed by atoms with van der Waals surface area (Å²) in [5.74, 6) is 0.306. The molecule has 2 unspecified atom stereocenters. The van der Waals surface area contributed by atoms with Crippen LogP contribution in [0.5, 0.6) is 0 Å². The van der Waals surface area contributed by atoms with Crippen LogP contribution in [0.3, 0.4) is 0 Å². The minimum atomic E-state index is -0.220. The van der Waals surface area contributed by atoms with Crippen LogP contribution < -0.4 is 11.1 Å². The molecule has 0 bridgehead atoms. The van der Waals surface area contributed by atoms with Crippen LogP contribution in [-0.2, 0) is 17.6 Å². The van der Waals surface area contributed by atoms with Crippen LogP contribution in [0.2, 0.25) is 0 Å². The first-order valence-electron chi connectivity index (χ1n) is 8.69. The summed E-state index contributed by atoms with van der Waals surface area (Å²) in [6.07, 6.45) is 3.47. The minimum absolute atomic E-state index is 0.0161. The molecular weight excluding hydrogens is 318 g/mol. The number of carbonyl (C=O) groups excluding carboxylic acids is 1. The van der Waals surface area contributed by atoms with Crippen molar-refractivity contribution in [2.75, 3.05) is 0 Å². The van der Waals surface area contributed by atoms with E-state index in [2.05, 4.69) is 36.3 Å². The molecule has 1 aliphatic carbocycles. The number of fused-ring (bicyclic) bond motifs is 3. The third-order valence-corrected chi connectivity index (χ3v) is 5.54. The maximum Gasteiger partial charge on any atom is 0.224 e. The number of amides is 1. The Balaban J connectivity index is 1.77. The van der Waals surface area contributed by atoms with E-state index in [4.69, 9.17) is 18.0 Å². The molecule has 1 aromatic carbocycles. The van der Waals surface area contributed by atoms with Crippen molar-refractivity contribution in [3.05, 3.63) is 35.5 Å². The van der Waals surface area contributed by atoms with E-state index in [1.807, 2.05) is 12.1 Å². The van der Waals surface area contributed by atoms with Gasteiger partial charge in [-0.3, -0.25) is 4.79 Å². The highest BCUT2D eigenvalue weighted by atomic mass is 32.1. The number of para-hydroxylation sites is 1. The van der Waals surface area contributed by atoms with Gasteiger partial charge in [0.2, 0.25) is 5.91 Å². The van der Waals surface area contributed by atoms with Gasteiger partial charge >= 0.3 is 0 Å². The van der Waals surface area contributed by atoms with E-state index in [1.165, 1.54) is 16.6 Å². The quantitative estimate of drug-likeness (QED) is 0.731. The zero-order valence-corrected chi connectivity index (χ0v) is 15.1. The Labute approximate surface area is 148 Å². The first kappa shape index (κ1) is 17.0. The summed E-state index contributed by atoms with van der Waals surface area (Å²) < 4.78 is 0. The lowest BCUT2D eigenvalue weighted by Crippen LogP contribution is -2.49. The van der Waals surface area contributed by atoms with Crippen molar-refractivity contribution < 1.29 is 4.79 Å². The van der Waals surface area contributed by atoms with Crippen molar-refractivity contribution in [3.63, 3.8) is 0 Å². The lowest BCUT2D eigenvalue weighted by molar-refractivity contribution is -0.125. The zero-order chi connectivity index (χ0) is 17.3. The fraction of sp³-hybridized carbons (Fsp3) is 0.474.